The summed E-state index contributed by atoms with van der Waals surface area (Å²) < 4.78 is 20.1. The highest BCUT2D eigenvalue weighted by molar-refractivity contribution is 5.75. The molecule has 0 fully saturated rings. The Bertz CT molecular complexity index is 1680. The summed E-state index contributed by atoms with van der Waals surface area (Å²) in [5, 5.41) is 18.0. The van der Waals surface area contributed by atoms with Crippen LogP contribution in [0.4, 0.5) is 0 Å². The number of aromatic hydroxyl groups is 1. The third kappa shape index (κ3) is 4.02. The molecule has 2 spiro atoms. The topological polar surface area (TPSA) is 71.7 Å². The van der Waals surface area contributed by atoms with Crippen LogP contribution in [0.1, 0.15) is 42.5 Å². The number of ether oxygens (including phenoxy) is 3. The molecule has 4 aromatic carbocycles. The van der Waals surface area contributed by atoms with Gasteiger partial charge in [0.05, 0.1) is 11.6 Å². The van der Waals surface area contributed by atoms with Gasteiger partial charge in [-0.1, -0.05) is 66.7 Å². The van der Waals surface area contributed by atoms with E-state index in [1.807, 2.05) is 78.9 Å². The smallest absolute Gasteiger partial charge is 0.164 e. The van der Waals surface area contributed by atoms with Gasteiger partial charge in [0.2, 0.25) is 0 Å². The molecule has 39 heavy (non-hydrogen) atoms. The van der Waals surface area contributed by atoms with Crippen molar-refractivity contribution in [3.63, 3.8) is 0 Å². The number of fused-ring (bicyclic) bond motifs is 5. The van der Waals surface area contributed by atoms with Gasteiger partial charge in [-0.2, -0.15) is 5.26 Å². The molecule has 0 aliphatic carbocycles. The Balaban J connectivity index is 0.000000883. The van der Waals surface area contributed by atoms with Crippen molar-refractivity contribution < 1.29 is 19.3 Å². The Morgan fingerprint density at radius 3 is 1.92 bits per heavy atom. The quantitative estimate of drug-likeness (QED) is 0.282. The monoisotopic (exact) mass is 513 g/mol. The Labute approximate surface area is 227 Å². The van der Waals surface area contributed by atoms with E-state index in [9.17, 15) is 5.11 Å². The molecule has 0 saturated carbocycles. The van der Waals surface area contributed by atoms with Crippen LogP contribution in [0.5, 0.6) is 23.0 Å². The van der Waals surface area contributed by atoms with Crippen molar-refractivity contribution in [1.29, 1.82) is 5.26 Å². The lowest BCUT2D eigenvalue weighted by molar-refractivity contribution is -0.0194. The third-order valence-corrected chi connectivity index (χ3v) is 7.31. The van der Waals surface area contributed by atoms with Gasteiger partial charge in [-0.15, -0.1) is 0 Å². The Morgan fingerprint density at radius 2 is 1.21 bits per heavy atom. The van der Waals surface area contributed by atoms with Gasteiger partial charge < -0.3 is 19.3 Å². The zero-order valence-corrected chi connectivity index (χ0v) is 21.7. The van der Waals surface area contributed by atoms with Crippen LogP contribution in [-0.2, 0) is 11.2 Å². The predicted octanol–water partition coefficient (Wildman–Crippen LogP) is 7.72. The van der Waals surface area contributed by atoms with Crippen LogP contribution in [0.3, 0.4) is 0 Å². The molecule has 3 aliphatic rings. The zero-order valence-electron chi connectivity index (χ0n) is 21.7. The average molecular weight is 514 g/mol. The van der Waals surface area contributed by atoms with E-state index in [1.165, 1.54) is 6.92 Å². The van der Waals surface area contributed by atoms with Crippen molar-refractivity contribution in [3.8, 4) is 29.1 Å². The molecule has 0 unspecified atom stereocenters. The molecule has 5 nitrogen and oxygen atoms in total. The van der Waals surface area contributed by atoms with Crippen molar-refractivity contribution in [2.24, 2.45) is 0 Å². The maximum atomic E-state index is 10.6. The fraction of sp³-hybridized carbons (Fsp3) is 0.147. The van der Waals surface area contributed by atoms with E-state index in [1.54, 1.807) is 18.2 Å². The highest BCUT2D eigenvalue weighted by atomic mass is 16.5. The van der Waals surface area contributed by atoms with Crippen LogP contribution in [0.2, 0.25) is 0 Å². The lowest BCUT2D eigenvalue weighted by Gasteiger charge is -2.49. The van der Waals surface area contributed by atoms with E-state index in [-0.39, 0.29) is 5.75 Å². The number of benzene rings is 4. The molecule has 0 bridgehead atoms. The molecule has 2 atom stereocenters. The maximum absolute atomic E-state index is 10.6. The normalized spacial score (nSPS) is 21.7. The minimum absolute atomic E-state index is 0.155. The minimum atomic E-state index is -0.885. The molecule has 0 aromatic heterocycles. The average Bonchev–Trinajstić information content (AvgIpc) is 2.94. The van der Waals surface area contributed by atoms with Gasteiger partial charge in [-0.05, 0) is 48.9 Å². The van der Waals surface area contributed by atoms with Crippen molar-refractivity contribution in [2.75, 3.05) is 0 Å². The molecule has 0 radical (unpaired) electrons. The first kappa shape index (κ1) is 24.4. The molecule has 4 aromatic rings. The molecule has 7 rings (SSSR count). The molecule has 0 amide bonds. The number of nitrogens with zero attached hydrogens (tertiary/aromatic N) is 1. The van der Waals surface area contributed by atoms with E-state index in [2.05, 4.69) is 25.1 Å². The van der Waals surface area contributed by atoms with Gasteiger partial charge in [0.25, 0.3) is 0 Å². The summed E-state index contributed by atoms with van der Waals surface area (Å²) >= 11 is 0. The van der Waals surface area contributed by atoms with E-state index in [0.29, 0.717) is 23.5 Å². The molecule has 1 N–H and O–H groups in total. The standard InChI is InChI=1S/C32H24O4.C2H3N/c1-21-18-31(35-27-15-7-3-10-22(21)27)20-32(36-29-17-9-5-13-25(29)31)19-30(23-11-2-6-14-26(23)33)34-28-16-8-4-12-24(28)32;1-2-3/h2-19,33H,20H2,1H3;1H3/t31-,32+;/m1./s1. The number of phenolic OH excluding ortho intramolecular Hbond substituents is 1. The van der Waals surface area contributed by atoms with Crippen molar-refractivity contribution in [1.82, 2.24) is 0 Å². The van der Waals surface area contributed by atoms with E-state index in [4.69, 9.17) is 19.5 Å². The van der Waals surface area contributed by atoms with Crippen molar-refractivity contribution >= 4 is 11.3 Å². The van der Waals surface area contributed by atoms with Gasteiger partial charge in [-0.3, -0.25) is 0 Å². The Kier molecular flexibility index (Phi) is 5.89. The molecule has 0 saturated heterocycles. The lowest BCUT2D eigenvalue weighted by Crippen LogP contribution is -2.49. The highest BCUT2D eigenvalue weighted by Gasteiger charge is 2.54. The van der Waals surface area contributed by atoms with E-state index < -0.39 is 11.2 Å². The molecule has 192 valence electrons. The van der Waals surface area contributed by atoms with Crippen LogP contribution in [-0.4, -0.2) is 5.11 Å². The summed E-state index contributed by atoms with van der Waals surface area (Å²) in [6.45, 7) is 3.56. The zero-order chi connectivity index (χ0) is 27.0. The van der Waals surface area contributed by atoms with Crippen LogP contribution >= 0.6 is 0 Å². The number of nitriles is 1. The van der Waals surface area contributed by atoms with Crippen molar-refractivity contribution in [3.05, 3.63) is 131 Å². The first-order valence-electron chi connectivity index (χ1n) is 12.8. The summed E-state index contributed by atoms with van der Waals surface area (Å²) in [7, 11) is 0. The maximum Gasteiger partial charge on any atom is 0.164 e. The summed E-state index contributed by atoms with van der Waals surface area (Å²) in [5.74, 6) is 3.03. The van der Waals surface area contributed by atoms with E-state index in [0.717, 1.165) is 33.8 Å². The summed E-state index contributed by atoms with van der Waals surface area (Å²) in [5.41, 5.74) is 3.15. The number of allylic oxidation sites excluding steroid dienone is 1. The second kappa shape index (κ2) is 9.41. The fourth-order valence-electron chi connectivity index (χ4n) is 5.77. The van der Waals surface area contributed by atoms with E-state index >= 15 is 0 Å². The summed E-state index contributed by atoms with van der Waals surface area (Å²) in [6.07, 6.45) is 4.72. The fourth-order valence-corrected chi connectivity index (χ4v) is 5.77. The van der Waals surface area contributed by atoms with Crippen molar-refractivity contribution in [2.45, 2.75) is 31.5 Å². The molecule has 3 heterocycles. The number of phenols is 1. The van der Waals surface area contributed by atoms with Crippen LogP contribution in [0.25, 0.3) is 11.3 Å². The first-order chi connectivity index (χ1) is 19.0. The summed E-state index contributed by atoms with van der Waals surface area (Å²) in [6, 6.07) is 33.1. The van der Waals surface area contributed by atoms with Gasteiger partial charge in [-0.25, -0.2) is 0 Å². The van der Waals surface area contributed by atoms with Crippen LogP contribution < -0.4 is 14.2 Å². The van der Waals surface area contributed by atoms with Gasteiger partial charge in [0.15, 0.2) is 11.2 Å². The number of rotatable bonds is 1. The molecular weight excluding hydrogens is 486 g/mol. The minimum Gasteiger partial charge on any atom is -0.507 e. The molecular formula is C34H27NO4. The number of hydrogen-bond acceptors (Lipinski definition) is 5. The predicted molar refractivity (Wildman–Crippen MR) is 150 cm³/mol. The second-order valence-corrected chi connectivity index (χ2v) is 9.83. The highest BCUT2D eigenvalue weighted by Crippen LogP contribution is 2.57. The SMILES string of the molecule is CC#N.CC1=C[C@]2(C[C@]3(C=C(c4ccccc4O)Oc4ccccc43)Oc3ccccc32)Oc2ccccc21. The Hall–Kier alpha value is -4.95. The second-order valence-electron chi connectivity index (χ2n) is 9.83. The number of para-hydroxylation sites is 4. The largest absolute Gasteiger partial charge is 0.507 e. The van der Waals surface area contributed by atoms with Gasteiger partial charge in [0.1, 0.15) is 28.8 Å². The molecule has 5 heteroatoms. The van der Waals surface area contributed by atoms with Crippen LogP contribution in [0, 0.1) is 11.3 Å². The third-order valence-electron chi connectivity index (χ3n) is 7.31. The summed E-state index contributed by atoms with van der Waals surface area (Å²) in [4.78, 5) is 0. The first-order valence-corrected chi connectivity index (χ1v) is 12.8. The number of hydrogen-bond donors (Lipinski definition) is 1. The molecule has 3 aliphatic heterocycles. The van der Waals surface area contributed by atoms with Crippen LogP contribution in [0.15, 0.2) is 109 Å². The Morgan fingerprint density at radius 1 is 0.692 bits per heavy atom. The van der Waals surface area contributed by atoms with Gasteiger partial charge >= 0.3 is 0 Å². The lowest BCUT2D eigenvalue weighted by atomic mass is 9.72. The van der Waals surface area contributed by atoms with Gasteiger partial charge in [0, 0.05) is 36.1 Å².